The van der Waals surface area contributed by atoms with Gasteiger partial charge in [-0.25, -0.2) is 0 Å². The smallest absolute Gasteiger partial charge is 0.157 e. The third-order valence-electron chi connectivity index (χ3n) is 1.48. The molecule has 0 aromatic heterocycles. The van der Waals surface area contributed by atoms with E-state index in [9.17, 15) is 5.11 Å². The van der Waals surface area contributed by atoms with Crippen molar-refractivity contribution < 1.29 is 5.11 Å². The third kappa shape index (κ3) is 2.40. The van der Waals surface area contributed by atoms with Crippen molar-refractivity contribution in [3.8, 4) is 5.75 Å². The minimum absolute atomic E-state index is 0.00213. The van der Waals surface area contributed by atoms with Crippen molar-refractivity contribution in [1.82, 2.24) is 0 Å². The summed E-state index contributed by atoms with van der Waals surface area (Å²) in [7, 11) is 0. The van der Waals surface area contributed by atoms with E-state index >= 15 is 0 Å². The fraction of sp³-hybridized carbons (Fsp3) is 0. The number of nitrogens with two attached hydrogens (primary N) is 2. The number of phenolic OH excluding ortho intramolecular Hbond substituents is 1. The Morgan fingerprint density at radius 2 is 2.00 bits per heavy atom. The van der Waals surface area contributed by atoms with E-state index in [1.54, 1.807) is 0 Å². The summed E-state index contributed by atoms with van der Waals surface area (Å²) in [6.07, 6.45) is 0. The lowest BCUT2D eigenvalue weighted by atomic mass is 10.2. The first-order valence-electron chi connectivity index (χ1n) is 3.70. The summed E-state index contributed by atoms with van der Waals surface area (Å²) in [6.45, 7) is 0. The van der Waals surface area contributed by atoms with Crippen LogP contribution in [0.25, 0.3) is 0 Å². The highest BCUT2D eigenvalue weighted by Crippen LogP contribution is 2.24. The standard InChI is InChI=1S/C8H10N4OS/c9-4-1-2-6(13)5(3-4)7(10)14-8(11)12/h1-3,10,13H,9H2,(H3,11,12). The Morgan fingerprint density at radius 1 is 1.36 bits per heavy atom. The summed E-state index contributed by atoms with van der Waals surface area (Å²) >= 11 is 0.759. The molecule has 0 heterocycles. The van der Waals surface area contributed by atoms with Crippen LogP contribution in [0.1, 0.15) is 5.56 Å². The van der Waals surface area contributed by atoms with Crippen LogP contribution < -0.4 is 11.5 Å². The van der Waals surface area contributed by atoms with Gasteiger partial charge in [0.05, 0.1) is 5.56 Å². The van der Waals surface area contributed by atoms with Crippen LogP contribution in [0.5, 0.6) is 5.75 Å². The second-order valence-corrected chi connectivity index (χ2v) is 3.62. The molecule has 0 bridgehead atoms. The SMILES string of the molecule is N=C(N)SC(=N)c1cc(N)ccc1O. The van der Waals surface area contributed by atoms with Crippen molar-refractivity contribution in [3.63, 3.8) is 0 Å². The summed E-state index contributed by atoms with van der Waals surface area (Å²) < 4.78 is 0. The van der Waals surface area contributed by atoms with Crippen LogP contribution in [0.3, 0.4) is 0 Å². The molecule has 0 unspecified atom stereocenters. The maximum atomic E-state index is 9.40. The molecule has 0 saturated heterocycles. The fourth-order valence-corrected chi connectivity index (χ4v) is 1.39. The second-order valence-electron chi connectivity index (χ2n) is 2.57. The molecular formula is C8H10N4OS. The summed E-state index contributed by atoms with van der Waals surface area (Å²) in [5, 5.41) is 23.7. The zero-order chi connectivity index (χ0) is 10.7. The molecule has 0 aliphatic rings. The molecule has 0 radical (unpaired) electrons. The summed E-state index contributed by atoms with van der Waals surface area (Å²) in [6, 6.07) is 4.40. The number of hydrogen-bond donors (Lipinski definition) is 5. The third-order valence-corrected chi connectivity index (χ3v) is 2.12. The maximum absolute atomic E-state index is 9.40. The Labute approximate surface area is 85.1 Å². The Bertz CT molecular complexity index is 391. The molecule has 0 fully saturated rings. The second kappa shape index (κ2) is 4.01. The number of aromatic hydroxyl groups is 1. The van der Waals surface area contributed by atoms with Crippen molar-refractivity contribution in [2.75, 3.05) is 5.73 Å². The van der Waals surface area contributed by atoms with Gasteiger partial charge in [-0.2, -0.15) is 0 Å². The average molecular weight is 210 g/mol. The zero-order valence-electron chi connectivity index (χ0n) is 7.24. The number of thioether (sulfide) groups is 1. The quantitative estimate of drug-likeness (QED) is 0.205. The van der Waals surface area contributed by atoms with Crippen molar-refractivity contribution in [1.29, 1.82) is 10.8 Å². The number of rotatable bonds is 1. The van der Waals surface area contributed by atoms with Crippen LogP contribution in [0.4, 0.5) is 5.69 Å². The minimum Gasteiger partial charge on any atom is -0.507 e. The molecule has 0 spiro atoms. The first-order chi connectivity index (χ1) is 6.50. The molecule has 0 amide bonds. The molecule has 0 saturated carbocycles. The van der Waals surface area contributed by atoms with E-state index in [0.29, 0.717) is 5.69 Å². The monoisotopic (exact) mass is 210 g/mol. The van der Waals surface area contributed by atoms with Crippen LogP contribution in [-0.2, 0) is 0 Å². The average Bonchev–Trinajstić information content (AvgIpc) is 2.08. The number of phenols is 1. The predicted molar refractivity (Wildman–Crippen MR) is 58.9 cm³/mol. The number of hydrogen-bond acceptors (Lipinski definition) is 5. The van der Waals surface area contributed by atoms with Crippen molar-refractivity contribution in [2.45, 2.75) is 0 Å². The molecular weight excluding hydrogens is 200 g/mol. The first kappa shape index (κ1) is 10.4. The van der Waals surface area contributed by atoms with Gasteiger partial charge in [0.1, 0.15) is 10.8 Å². The molecule has 1 rings (SSSR count). The van der Waals surface area contributed by atoms with E-state index in [1.165, 1.54) is 18.2 Å². The van der Waals surface area contributed by atoms with Gasteiger partial charge in [0.2, 0.25) is 0 Å². The largest absolute Gasteiger partial charge is 0.507 e. The van der Waals surface area contributed by atoms with Crippen LogP contribution in [0.15, 0.2) is 18.2 Å². The maximum Gasteiger partial charge on any atom is 0.157 e. The van der Waals surface area contributed by atoms with Crippen molar-refractivity contribution in [3.05, 3.63) is 23.8 Å². The lowest BCUT2D eigenvalue weighted by molar-refractivity contribution is 0.474. The number of nitrogen functional groups attached to an aromatic ring is 1. The lowest BCUT2D eigenvalue weighted by Gasteiger charge is -2.05. The number of nitrogens with one attached hydrogen (secondary N) is 2. The Balaban J connectivity index is 3.00. The van der Waals surface area contributed by atoms with Crippen LogP contribution in [0, 0.1) is 10.8 Å². The van der Waals surface area contributed by atoms with Gasteiger partial charge in [0.25, 0.3) is 0 Å². The first-order valence-corrected chi connectivity index (χ1v) is 4.51. The highest BCUT2D eigenvalue weighted by Gasteiger charge is 2.09. The molecule has 1 aromatic rings. The molecule has 0 aliphatic heterocycles. The Morgan fingerprint density at radius 3 is 2.57 bits per heavy atom. The van der Waals surface area contributed by atoms with Gasteiger partial charge in [0, 0.05) is 5.69 Å². The minimum atomic E-state index is -0.197. The van der Waals surface area contributed by atoms with Crippen LogP contribution in [-0.4, -0.2) is 15.3 Å². The highest BCUT2D eigenvalue weighted by molar-refractivity contribution is 8.26. The molecule has 74 valence electrons. The van der Waals surface area contributed by atoms with E-state index in [-0.39, 0.29) is 21.5 Å². The van der Waals surface area contributed by atoms with Gasteiger partial charge in [-0.05, 0) is 30.0 Å². The van der Waals surface area contributed by atoms with Gasteiger partial charge in [-0.15, -0.1) is 0 Å². The van der Waals surface area contributed by atoms with Crippen LogP contribution >= 0.6 is 11.8 Å². The van der Waals surface area contributed by atoms with Gasteiger partial charge < -0.3 is 16.6 Å². The van der Waals surface area contributed by atoms with Gasteiger partial charge in [-0.3, -0.25) is 10.8 Å². The van der Waals surface area contributed by atoms with Gasteiger partial charge in [0.15, 0.2) is 5.17 Å². The zero-order valence-corrected chi connectivity index (χ0v) is 8.06. The Hall–Kier alpha value is -1.69. The van der Waals surface area contributed by atoms with Gasteiger partial charge in [-0.1, -0.05) is 0 Å². The summed E-state index contributed by atoms with van der Waals surface area (Å²) in [5.41, 5.74) is 11.3. The molecule has 0 aliphatic carbocycles. The van der Waals surface area contributed by atoms with Crippen LogP contribution in [0.2, 0.25) is 0 Å². The number of benzene rings is 1. The number of amidine groups is 1. The summed E-state index contributed by atoms with van der Waals surface area (Å²) in [5.74, 6) is -0.0436. The van der Waals surface area contributed by atoms with E-state index in [0.717, 1.165) is 11.8 Å². The van der Waals surface area contributed by atoms with E-state index in [2.05, 4.69) is 0 Å². The van der Waals surface area contributed by atoms with Crippen molar-refractivity contribution >= 4 is 27.7 Å². The fourth-order valence-electron chi connectivity index (χ4n) is 0.900. The van der Waals surface area contributed by atoms with E-state index in [4.69, 9.17) is 22.3 Å². The molecule has 0 atom stereocenters. The molecule has 7 N–H and O–H groups in total. The van der Waals surface area contributed by atoms with Gasteiger partial charge >= 0.3 is 0 Å². The molecule has 14 heavy (non-hydrogen) atoms. The molecule has 1 aromatic carbocycles. The lowest BCUT2D eigenvalue weighted by Crippen LogP contribution is -2.08. The highest BCUT2D eigenvalue weighted by atomic mass is 32.2. The predicted octanol–water partition coefficient (Wildman–Crippen LogP) is 0.926. The van der Waals surface area contributed by atoms with Crippen molar-refractivity contribution in [2.24, 2.45) is 5.73 Å². The summed E-state index contributed by atoms with van der Waals surface area (Å²) in [4.78, 5) is 0. The number of anilines is 1. The normalized spacial score (nSPS) is 9.71. The Kier molecular flexibility index (Phi) is 2.98. The molecule has 5 nitrogen and oxygen atoms in total. The van der Waals surface area contributed by atoms with E-state index in [1.807, 2.05) is 0 Å². The topological polar surface area (TPSA) is 120 Å². The van der Waals surface area contributed by atoms with E-state index < -0.39 is 0 Å². The molecule has 6 heteroatoms.